The maximum Gasteiger partial charge on any atom is 0.135 e. The van der Waals surface area contributed by atoms with E-state index in [1.165, 1.54) is 27.4 Å². The van der Waals surface area contributed by atoms with E-state index in [1.807, 2.05) is 12.1 Å². The summed E-state index contributed by atoms with van der Waals surface area (Å²) in [5.41, 5.74) is 13.2. The molecule has 0 unspecified atom stereocenters. The predicted octanol–water partition coefficient (Wildman–Crippen LogP) is 13.5. The Labute approximate surface area is 295 Å². The molecule has 2 aromatic heterocycles. The third-order valence-electron chi connectivity index (χ3n) is 10.00. The molecule has 0 saturated heterocycles. The van der Waals surface area contributed by atoms with Gasteiger partial charge in [-0.15, -0.1) is 0 Å². The van der Waals surface area contributed by atoms with E-state index in [0.717, 1.165) is 61.3 Å². The highest BCUT2D eigenvalue weighted by molar-refractivity contribution is 6.17. The van der Waals surface area contributed by atoms with Gasteiger partial charge in [0.2, 0.25) is 0 Å². The first-order chi connectivity index (χ1) is 25.3. The number of hydrogen-bond acceptors (Lipinski definition) is 2. The summed E-state index contributed by atoms with van der Waals surface area (Å²) < 4.78 is 8.61. The van der Waals surface area contributed by atoms with Crippen LogP contribution in [0.1, 0.15) is 0 Å². The number of nitrogens with zero attached hydrogens (tertiary/aromatic N) is 2. The summed E-state index contributed by atoms with van der Waals surface area (Å²) in [4.78, 5) is 2.44. The minimum Gasteiger partial charge on any atom is -0.456 e. The monoisotopic (exact) mass is 652 g/mol. The smallest absolute Gasteiger partial charge is 0.135 e. The van der Waals surface area contributed by atoms with E-state index in [-0.39, 0.29) is 0 Å². The van der Waals surface area contributed by atoms with Gasteiger partial charge >= 0.3 is 0 Å². The molecule has 3 heteroatoms. The van der Waals surface area contributed by atoms with Crippen molar-refractivity contribution in [2.75, 3.05) is 4.90 Å². The van der Waals surface area contributed by atoms with Gasteiger partial charge in [0.05, 0.1) is 22.4 Å². The van der Waals surface area contributed by atoms with E-state index in [0.29, 0.717) is 0 Å². The summed E-state index contributed by atoms with van der Waals surface area (Å²) in [6.07, 6.45) is 0. The van der Waals surface area contributed by atoms with Crippen molar-refractivity contribution in [3.05, 3.63) is 194 Å². The van der Waals surface area contributed by atoms with Crippen molar-refractivity contribution in [2.24, 2.45) is 0 Å². The third-order valence-corrected chi connectivity index (χ3v) is 10.00. The van der Waals surface area contributed by atoms with Crippen molar-refractivity contribution < 1.29 is 4.42 Å². The van der Waals surface area contributed by atoms with Gasteiger partial charge in [-0.2, -0.15) is 0 Å². The number of rotatable bonds is 6. The molecule has 0 aliphatic rings. The van der Waals surface area contributed by atoms with E-state index in [4.69, 9.17) is 4.42 Å². The molecule has 0 fully saturated rings. The molecule has 0 bridgehead atoms. The van der Waals surface area contributed by atoms with Gasteiger partial charge in [-0.3, -0.25) is 0 Å². The van der Waals surface area contributed by atoms with Gasteiger partial charge in [0, 0.05) is 38.5 Å². The van der Waals surface area contributed by atoms with Crippen LogP contribution in [0.15, 0.2) is 199 Å². The lowest BCUT2D eigenvalue weighted by molar-refractivity contribution is 0.669. The van der Waals surface area contributed by atoms with Crippen LogP contribution in [0, 0.1) is 0 Å². The summed E-state index contributed by atoms with van der Waals surface area (Å²) in [5.74, 6) is 0. The summed E-state index contributed by atoms with van der Waals surface area (Å²) in [6.45, 7) is 0. The molecule has 3 nitrogen and oxygen atoms in total. The zero-order valence-corrected chi connectivity index (χ0v) is 27.8. The molecule has 0 radical (unpaired) electrons. The van der Waals surface area contributed by atoms with Gasteiger partial charge in [0.25, 0.3) is 0 Å². The van der Waals surface area contributed by atoms with E-state index in [2.05, 4.69) is 191 Å². The quantitative estimate of drug-likeness (QED) is 0.178. The first-order valence-electron chi connectivity index (χ1n) is 17.4. The predicted molar refractivity (Wildman–Crippen MR) is 214 cm³/mol. The van der Waals surface area contributed by atoms with Crippen LogP contribution in [0.4, 0.5) is 17.1 Å². The van der Waals surface area contributed by atoms with Crippen LogP contribution in [0.3, 0.4) is 0 Å². The molecule has 10 rings (SSSR count). The summed E-state index contributed by atoms with van der Waals surface area (Å²) >= 11 is 0. The summed E-state index contributed by atoms with van der Waals surface area (Å²) in [5, 5.41) is 4.65. The van der Waals surface area contributed by atoms with Gasteiger partial charge in [-0.1, -0.05) is 127 Å². The van der Waals surface area contributed by atoms with Crippen LogP contribution in [-0.2, 0) is 0 Å². The van der Waals surface area contributed by atoms with Crippen LogP contribution >= 0.6 is 0 Å². The fraction of sp³-hybridized carbons (Fsp3) is 0. The second-order valence-corrected chi connectivity index (χ2v) is 12.9. The SMILES string of the molecule is c1ccc(-c2ccc(N(c3ccccc3-c3ccc4oc5ccccc5c4c3)c3cccc4c3c3ccccc3n4-c3ccccc3)cc2)cc1. The van der Waals surface area contributed by atoms with Crippen molar-refractivity contribution in [2.45, 2.75) is 0 Å². The maximum absolute atomic E-state index is 6.22. The fourth-order valence-electron chi connectivity index (χ4n) is 7.69. The molecule has 0 amide bonds. The van der Waals surface area contributed by atoms with E-state index >= 15 is 0 Å². The van der Waals surface area contributed by atoms with Crippen LogP contribution in [0.2, 0.25) is 0 Å². The zero-order chi connectivity index (χ0) is 33.7. The van der Waals surface area contributed by atoms with Crippen molar-refractivity contribution in [3.63, 3.8) is 0 Å². The van der Waals surface area contributed by atoms with Crippen molar-refractivity contribution in [3.8, 4) is 27.9 Å². The number of para-hydroxylation sites is 4. The number of benzene rings is 8. The van der Waals surface area contributed by atoms with E-state index in [1.54, 1.807) is 0 Å². The largest absolute Gasteiger partial charge is 0.456 e. The average molecular weight is 653 g/mol. The molecular weight excluding hydrogens is 621 g/mol. The van der Waals surface area contributed by atoms with Gasteiger partial charge in [0.15, 0.2) is 0 Å². The van der Waals surface area contributed by atoms with Gasteiger partial charge in [-0.25, -0.2) is 0 Å². The topological polar surface area (TPSA) is 21.3 Å². The first kappa shape index (κ1) is 29.1. The maximum atomic E-state index is 6.22. The van der Waals surface area contributed by atoms with Gasteiger partial charge in [-0.05, 0) is 83.4 Å². The molecule has 0 spiro atoms. The Bertz CT molecular complexity index is 2850. The third kappa shape index (κ3) is 4.82. The number of hydrogen-bond donors (Lipinski definition) is 0. The van der Waals surface area contributed by atoms with Gasteiger partial charge < -0.3 is 13.9 Å². The molecule has 0 aliphatic carbocycles. The Kier molecular flexibility index (Phi) is 6.81. The van der Waals surface area contributed by atoms with Crippen LogP contribution in [-0.4, -0.2) is 4.57 Å². The lowest BCUT2D eigenvalue weighted by atomic mass is 9.98. The molecule has 0 saturated carbocycles. The van der Waals surface area contributed by atoms with Crippen molar-refractivity contribution >= 4 is 60.8 Å². The molecule has 0 atom stereocenters. The second kappa shape index (κ2) is 11.9. The number of anilines is 3. The Morgan fingerprint density at radius 3 is 1.84 bits per heavy atom. The molecule has 2 heterocycles. The highest BCUT2D eigenvalue weighted by Crippen LogP contribution is 2.47. The summed E-state index contributed by atoms with van der Waals surface area (Å²) in [6, 6.07) is 69.2. The Morgan fingerprint density at radius 2 is 1.00 bits per heavy atom. The summed E-state index contributed by atoms with van der Waals surface area (Å²) in [7, 11) is 0. The fourth-order valence-corrected chi connectivity index (χ4v) is 7.69. The molecular formula is C48H32N2O. The zero-order valence-electron chi connectivity index (χ0n) is 27.8. The normalized spacial score (nSPS) is 11.5. The average Bonchev–Trinajstić information content (AvgIpc) is 3.75. The highest BCUT2D eigenvalue weighted by atomic mass is 16.3. The lowest BCUT2D eigenvalue weighted by Gasteiger charge is -2.29. The van der Waals surface area contributed by atoms with Crippen molar-refractivity contribution in [1.82, 2.24) is 4.57 Å². The van der Waals surface area contributed by atoms with Crippen LogP contribution < -0.4 is 4.90 Å². The van der Waals surface area contributed by atoms with Crippen LogP contribution in [0.25, 0.3) is 71.7 Å². The standard InChI is InChI=1S/C48H32N2O/c1-3-14-33(15-4-1)34-26-29-37(30-27-34)50(42-21-10-7-18-38(42)35-28-31-47-41(32-35)39-19-9-12-25-46(39)51-47)45-24-13-23-44-48(45)40-20-8-11-22-43(40)49(44)36-16-5-2-6-17-36/h1-32H. The van der Waals surface area contributed by atoms with Crippen molar-refractivity contribution in [1.29, 1.82) is 0 Å². The van der Waals surface area contributed by atoms with Crippen LogP contribution in [0.5, 0.6) is 0 Å². The minimum absolute atomic E-state index is 0.893. The molecule has 0 aliphatic heterocycles. The molecule has 240 valence electrons. The molecule has 8 aromatic carbocycles. The Morgan fingerprint density at radius 1 is 0.392 bits per heavy atom. The minimum atomic E-state index is 0.893. The highest BCUT2D eigenvalue weighted by Gasteiger charge is 2.23. The number of aromatic nitrogens is 1. The van der Waals surface area contributed by atoms with E-state index in [9.17, 15) is 0 Å². The number of furan rings is 1. The Hall–Kier alpha value is -6.84. The number of fused-ring (bicyclic) bond motifs is 6. The first-order valence-corrected chi connectivity index (χ1v) is 17.4. The molecule has 51 heavy (non-hydrogen) atoms. The molecule has 0 N–H and O–H groups in total. The lowest BCUT2D eigenvalue weighted by Crippen LogP contribution is -2.11. The second-order valence-electron chi connectivity index (χ2n) is 12.9. The Balaban J connectivity index is 1.24. The van der Waals surface area contributed by atoms with E-state index < -0.39 is 0 Å². The van der Waals surface area contributed by atoms with Gasteiger partial charge in [0.1, 0.15) is 11.2 Å². The molecule has 10 aromatic rings.